The lowest BCUT2D eigenvalue weighted by Gasteiger charge is -2.29. The van der Waals surface area contributed by atoms with Gasteiger partial charge in [0.2, 0.25) is 0 Å². The molecule has 1 aromatic carbocycles. The molecule has 1 aromatic rings. The zero-order valence-corrected chi connectivity index (χ0v) is 11.5. The summed E-state index contributed by atoms with van der Waals surface area (Å²) < 4.78 is 4.61. The Hall–Kier alpha value is 0.460. The monoisotopic (exact) mass is 278 g/mol. The minimum absolute atomic E-state index is 0.869. The third kappa shape index (κ3) is 2.02. The average Bonchev–Trinajstić information content (AvgIpc) is 2.16. The Morgan fingerprint density at radius 2 is 1.79 bits per heavy atom. The summed E-state index contributed by atoms with van der Waals surface area (Å²) >= 11 is 14.0. The highest BCUT2D eigenvalue weighted by Gasteiger charge is 2.34. The molecule has 0 amide bonds. The van der Waals surface area contributed by atoms with Gasteiger partial charge in [-0.15, -0.1) is 0 Å². The maximum atomic E-state index is 5.56. The molecule has 0 atom stereocenters. The number of hydrogen-bond donors (Lipinski definition) is 0. The van der Waals surface area contributed by atoms with Crippen molar-refractivity contribution in [2.45, 2.75) is 0 Å². The molecule has 0 radical (unpaired) electrons. The second-order valence-corrected chi connectivity index (χ2v) is 14.6. The van der Waals surface area contributed by atoms with Crippen LogP contribution in [0.4, 0.5) is 0 Å². The maximum absolute atomic E-state index is 5.56. The van der Waals surface area contributed by atoms with Crippen molar-refractivity contribution in [3.05, 3.63) is 24.3 Å². The van der Waals surface area contributed by atoms with Crippen molar-refractivity contribution in [1.29, 1.82) is 0 Å². The van der Waals surface area contributed by atoms with Crippen LogP contribution in [0.5, 0.6) is 5.75 Å². The van der Waals surface area contributed by atoms with Gasteiger partial charge in [0.1, 0.15) is 9.28 Å². The Kier molecular flexibility index (Phi) is 3.24. The molecule has 0 spiro atoms. The van der Waals surface area contributed by atoms with Crippen LogP contribution in [-0.2, 0) is 11.8 Å². The molecule has 2 rings (SSSR count). The second kappa shape index (κ2) is 4.14. The molecular formula is C8H7OPS4. The lowest BCUT2D eigenvalue weighted by atomic mass is 10.3. The second-order valence-electron chi connectivity index (χ2n) is 2.63. The molecule has 1 fully saturated rings. The molecule has 6 heteroatoms. The Morgan fingerprint density at radius 3 is 2.21 bits per heavy atom. The molecule has 1 nitrogen and oxygen atoms in total. The first kappa shape index (κ1) is 11.0. The molecule has 1 heterocycles. The minimum Gasteiger partial charge on any atom is -0.497 e. The number of rotatable bonds is 2. The normalized spacial score (nSPS) is 18.8. The molecule has 0 N–H and O–H groups in total. The largest absolute Gasteiger partial charge is 0.497 e. The zero-order chi connectivity index (χ0) is 10.2. The van der Waals surface area contributed by atoms with Crippen molar-refractivity contribution in [2.75, 3.05) is 7.11 Å². The van der Waals surface area contributed by atoms with Gasteiger partial charge in [-0.05, 0) is 24.3 Å². The van der Waals surface area contributed by atoms with E-state index in [1.165, 1.54) is 5.30 Å². The topological polar surface area (TPSA) is 9.23 Å². The fourth-order valence-electron chi connectivity index (χ4n) is 1.07. The number of methoxy groups -OCH3 is 1. The van der Waals surface area contributed by atoms with E-state index in [1.807, 2.05) is 24.3 Å². The molecule has 0 unspecified atom stereocenters. The SMILES string of the molecule is COc1ccc(P2(=S)SC(=S)S2)cc1. The van der Waals surface area contributed by atoms with Gasteiger partial charge in [-0.1, -0.05) is 46.8 Å². The van der Waals surface area contributed by atoms with Gasteiger partial charge in [-0.3, -0.25) is 0 Å². The molecule has 14 heavy (non-hydrogen) atoms. The van der Waals surface area contributed by atoms with Crippen LogP contribution in [0.25, 0.3) is 0 Å². The van der Waals surface area contributed by atoms with Crippen LogP contribution in [0.2, 0.25) is 0 Å². The summed E-state index contributed by atoms with van der Waals surface area (Å²) in [6.07, 6.45) is 0. The fourth-order valence-corrected chi connectivity index (χ4v) is 13.7. The van der Waals surface area contributed by atoms with E-state index in [0.717, 1.165) is 9.28 Å². The van der Waals surface area contributed by atoms with E-state index in [0.29, 0.717) is 0 Å². The van der Waals surface area contributed by atoms with E-state index < -0.39 is 4.44 Å². The smallest absolute Gasteiger partial charge is 0.118 e. The number of ether oxygens (including phenoxy) is 1. The lowest BCUT2D eigenvalue weighted by Crippen LogP contribution is -2.06. The molecule has 1 saturated heterocycles. The van der Waals surface area contributed by atoms with E-state index in [4.69, 9.17) is 28.8 Å². The lowest BCUT2D eigenvalue weighted by molar-refractivity contribution is 0.415. The Morgan fingerprint density at radius 1 is 1.21 bits per heavy atom. The third-order valence-electron chi connectivity index (χ3n) is 1.78. The van der Waals surface area contributed by atoms with E-state index in [2.05, 4.69) is 0 Å². The van der Waals surface area contributed by atoms with E-state index in [-0.39, 0.29) is 0 Å². The quantitative estimate of drug-likeness (QED) is 0.604. The van der Waals surface area contributed by atoms with Crippen LogP contribution < -0.4 is 10.0 Å². The third-order valence-corrected chi connectivity index (χ3v) is 13.1. The van der Waals surface area contributed by atoms with Crippen LogP contribution in [0, 0.1) is 0 Å². The number of thiocarbonyl (C=S) groups is 1. The molecule has 1 aliphatic heterocycles. The summed E-state index contributed by atoms with van der Waals surface area (Å²) in [5.74, 6) is 0.869. The highest BCUT2D eigenvalue weighted by Crippen LogP contribution is 2.80. The predicted octanol–water partition coefficient (Wildman–Crippen LogP) is 3.39. The average molecular weight is 278 g/mol. The molecule has 74 valence electrons. The number of hydrogen-bond acceptors (Lipinski definition) is 5. The van der Waals surface area contributed by atoms with Gasteiger partial charge >= 0.3 is 0 Å². The van der Waals surface area contributed by atoms with Crippen LogP contribution in [-0.4, -0.2) is 10.6 Å². The van der Waals surface area contributed by atoms with Gasteiger partial charge in [0, 0.05) is 5.30 Å². The first-order valence-electron chi connectivity index (χ1n) is 3.82. The van der Waals surface area contributed by atoms with E-state index >= 15 is 0 Å². The Bertz CT molecular complexity index is 402. The Balaban J connectivity index is 2.26. The fraction of sp³-hybridized carbons (Fsp3) is 0.125. The summed E-state index contributed by atoms with van der Waals surface area (Å²) in [4.78, 5) is 0. The summed E-state index contributed by atoms with van der Waals surface area (Å²) in [6, 6.07) is 7.99. The summed E-state index contributed by atoms with van der Waals surface area (Å²) in [6.45, 7) is 0. The molecule has 1 aliphatic rings. The maximum Gasteiger partial charge on any atom is 0.118 e. The standard InChI is InChI=1S/C8H7OPS4/c1-9-6-2-4-7(5-3-6)10(12)13-8(11)14-10/h2-5H,1H3. The van der Waals surface area contributed by atoms with Gasteiger partial charge in [0.25, 0.3) is 0 Å². The van der Waals surface area contributed by atoms with E-state index in [9.17, 15) is 0 Å². The van der Waals surface area contributed by atoms with Crippen molar-refractivity contribution in [3.8, 4) is 5.75 Å². The van der Waals surface area contributed by atoms with Crippen molar-refractivity contribution in [2.24, 2.45) is 0 Å². The first-order chi connectivity index (χ1) is 6.64. The van der Waals surface area contributed by atoms with Gasteiger partial charge < -0.3 is 4.74 Å². The van der Waals surface area contributed by atoms with Crippen molar-refractivity contribution < 1.29 is 4.74 Å². The molecule has 0 bridgehead atoms. The summed E-state index contributed by atoms with van der Waals surface area (Å²) in [5, 5.41) is 1.22. The molecular weight excluding hydrogens is 271 g/mol. The summed E-state index contributed by atoms with van der Waals surface area (Å²) in [5.41, 5.74) is 0. The van der Waals surface area contributed by atoms with Gasteiger partial charge in [0.05, 0.1) is 11.6 Å². The highest BCUT2D eigenvalue weighted by atomic mass is 33.3. The molecule has 0 saturated carbocycles. The minimum atomic E-state index is -1.46. The highest BCUT2D eigenvalue weighted by molar-refractivity contribution is 9.21. The van der Waals surface area contributed by atoms with E-state index in [1.54, 1.807) is 29.9 Å². The van der Waals surface area contributed by atoms with Gasteiger partial charge in [-0.2, -0.15) is 0 Å². The van der Waals surface area contributed by atoms with Gasteiger partial charge in [-0.25, -0.2) is 0 Å². The van der Waals surface area contributed by atoms with Crippen LogP contribution in [0.1, 0.15) is 0 Å². The van der Waals surface area contributed by atoms with Crippen LogP contribution >= 0.6 is 39.4 Å². The van der Waals surface area contributed by atoms with Crippen LogP contribution in [0.15, 0.2) is 24.3 Å². The predicted molar refractivity (Wildman–Crippen MR) is 74.7 cm³/mol. The first-order valence-corrected chi connectivity index (χ1v) is 9.87. The van der Waals surface area contributed by atoms with Crippen molar-refractivity contribution >= 4 is 60.1 Å². The molecule has 0 aromatic heterocycles. The summed E-state index contributed by atoms with van der Waals surface area (Å²) in [7, 11) is 1.66. The zero-order valence-electron chi connectivity index (χ0n) is 7.30. The van der Waals surface area contributed by atoms with Crippen molar-refractivity contribution in [1.82, 2.24) is 0 Å². The van der Waals surface area contributed by atoms with Crippen LogP contribution in [0.3, 0.4) is 0 Å². The molecule has 0 aliphatic carbocycles. The van der Waals surface area contributed by atoms with Crippen molar-refractivity contribution in [3.63, 3.8) is 0 Å². The van der Waals surface area contributed by atoms with Gasteiger partial charge in [0.15, 0.2) is 0 Å². The number of benzene rings is 1. The Labute approximate surface area is 101 Å².